The van der Waals surface area contributed by atoms with Gasteiger partial charge in [-0.15, -0.1) is 0 Å². The molecule has 4 rings (SSSR count). The molecule has 5 heteroatoms. The highest BCUT2D eigenvalue weighted by Crippen LogP contribution is 2.54. The van der Waals surface area contributed by atoms with Gasteiger partial charge in [0.2, 0.25) is 0 Å². The summed E-state index contributed by atoms with van der Waals surface area (Å²) >= 11 is 0. The number of hydrogen-bond donors (Lipinski definition) is 3. The van der Waals surface area contributed by atoms with Crippen molar-refractivity contribution in [1.82, 2.24) is 9.78 Å². The summed E-state index contributed by atoms with van der Waals surface area (Å²) in [5, 5.41) is 35.3. The third-order valence-corrected chi connectivity index (χ3v) is 7.78. The number of aliphatic hydroxyl groups excluding tert-OH is 2. The van der Waals surface area contributed by atoms with Crippen LogP contribution in [0.15, 0.2) is 35.5 Å². The number of allylic oxidation sites excluding steroid dienone is 3. The number of rotatable bonds is 4. The van der Waals surface area contributed by atoms with Gasteiger partial charge < -0.3 is 15.3 Å². The van der Waals surface area contributed by atoms with Crippen molar-refractivity contribution in [3.8, 4) is 0 Å². The van der Waals surface area contributed by atoms with E-state index >= 15 is 0 Å². The summed E-state index contributed by atoms with van der Waals surface area (Å²) in [6.07, 6.45) is 9.20. The smallest absolute Gasteiger partial charge is 0.0811 e. The van der Waals surface area contributed by atoms with E-state index in [4.69, 9.17) is 5.10 Å². The van der Waals surface area contributed by atoms with Gasteiger partial charge in [-0.1, -0.05) is 31.2 Å². The Labute approximate surface area is 186 Å². The zero-order chi connectivity index (χ0) is 22.6. The summed E-state index contributed by atoms with van der Waals surface area (Å²) in [6.45, 7) is 13.0. The standard InChI is InChI=1S/C26H38N2O3/c1-16-19(13-20(29)14-23(16)30)9-8-18-7-6-10-26(5)21(18)15-22-24(26)17(2)27-28(22)12-11-25(3,4)31/h8-9,20-21,23,29-31H,1,6-7,10-15H2,2-5H3/b18-8+,19-9-/t20-,21+,23+,26+/m1/s1. The average molecular weight is 427 g/mol. The molecular weight excluding hydrogens is 388 g/mol. The molecule has 5 nitrogen and oxygen atoms in total. The Balaban J connectivity index is 1.63. The van der Waals surface area contributed by atoms with Crippen LogP contribution in [-0.4, -0.2) is 42.9 Å². The van der Waals surface area contributed by atoms with E-state index in [1.165, 1.54) is 23.3 Å². The molecular formula is C26H38N2O3. The van der Waals surface area contributed by atoms with Crippen molar-refractivity contribution >= 4 is 0 Å². The first kappa shape index (κ1) is 22.5. The molecule has 4 atom stereocenters. The molecule has 3 aliphatic carbocycles. The fourth-order valence-corrected chi connectivity index (χ4v) is 6.07. The molecule has 170 valence electrons. The Morgan fingerprint density at radius 3 is 2.71 bits per heavy atom. The van der Waals surface area contributed by atoms with Gasteiger partial charge in [0, 0.05) is 29.6 Å². The maximum Gasteiger partial charge on any atom is 0.0811 e. The first-order valence-electron chi connectivity index (χ1n) is 11.7. The molecule has 3 aliphatic rings. The van der Waals surface area contributed by atoms with Crippen LogP contribution in [0.5, 0.6) is 0 Å². The van der Waals surface area contributed by atoms with Crippen molar-refractivity contribution in [1.29, 1.82) is 0 Å². The third-order valence-electron chi connectivity index (χ3n) is 7.78. The van der Waals surface area contributed by atoms with Crippen LogP contribution in [0.3, 0.4) is 0 Å². The Hall–Kier alpha value is -1.69. The van der Waals surface area contributed by atoms with Crippen LogP contribution in [0, 0.1) is 12.8 Å². The lowest BCUT2D eigenvalue weighted by atomic mass is 9.65. The van der Waals surface area contributed by atoms with E-state index in [0.29, 0.717) is 25.2 Å². The van der Waals surface area contributed by atoms with Crippen molar-refractivity contribution in [3.05, 3.63) is 52.4 Å². The highest BCUT2D eigenvalue weighted by Gasteiger charge is 2.49. The minimum atomic E-state index is -0.698. The Bertz CT molecular complexity index is 933. The van der Waals surface area contributed by atoms with Crippen LogP contribution in [0.2, 0.25) is 0 Å². The summed E-state index contributed by atoms with van der Waals surface area (Å²) in [7, 11) is 0. The van der Waals surface area contributed by atoms with Gasteiger partial charge >= 0.3 is 0 Å². The number of hydrogen-bond acceptors (Lipinski definition) is 4. The van der Waals surface area contributed by atoms with E-state index in [0.717, 1.165) is 42.6 Å². The zero-order valence-corrected chi connectivity index (χ0v) is 19.5. The lowest BCUT2D eigenvalue weighted by molar-refractivity contribution is 0.0647. The fourth-order valence-electron chi connectivity index (χ4n) is 6.07. The molecule has 1 aromatic heterocycles. The minimum absolute atomic E-state index is 0.0948. The van der Waals surface area contributed by atoms with Gasteiger partial charge in [0.05, 0.1) is 23.5 Å². The number of nitrogens with zero attached hydrogens (tertiary/aromatic N) is 2. The molecule has 2 saturated carbocycles. The van der Waals surface area contributed by atoms with E-state index in [9.17, 15) is 15.3 Å². The van der Waals surface area contributed by atoms with E-state index in [1.807, 2.05) is 13.8 Å². The average Bonchev–Trinajstić information content (AvgIpc) is 3.16. The number of aliphatic hydroxyl groups is 3. The van der Waals surface area contributed by atoms with Crippen LogP contribution in [0.25, 0.3) is 0 Å². The van der Waals surface area contributed by atoms with Crippen molar-refractivity contribution in [2.45, 2.75) is 102 Å². The van der Waals surface area contributed by atoms with Gasteiger partial charge in [-0.05, 0) is 76.4 Å². The second-order valence-electron chi connectivity index (χ2n) is 10.8. The van der Waals surface area contributed by atoms with Crippen LogP contribution in [0.4, 0.5) is 0 Å². The molecule has 0 amide bonds. The summed E-state index contributed by atoms with van der Waals surface area (Å²) in [5.41, 5.74) is 6.44. The van der Waals surface area contributed by atoms with Crippen molar-refractivity contribution < 1.29 is 15.3 Å². The van der Waals surface area contributed by atoms with Crippen molar-refractivity contribution in [2.24, 2.45) is 5.92 Å². The predicted octanol–water partition coefficient (Wildman–Crippen LogP) is 3.89. The molecule has 0 spiro atoms. The Morgan fingerprint density at radius 2 is 2.00 bits per heavy atom. The van der Waals surface area contributed by atoms with Gasteiger partial charge in [0.25, 0.3) is 0 Å². The molecule has 0 radical (unpaired) electrons. The monoisotopic (exact) mass is 426 g/mol. The SMILES string of the molecule is C=C1/C(=C\C=C2/CCC[C@]3(C)c4c(C)nn(CCC(C)(C)O)c4C[C@@H]23)C[C@@H](O)C[C@@H]1O. The largest absolute Gasteiger partial charge is 0.393 e. The van der Waals surface area contributed by atoms with Gasteiger partial charge in [0.1, 0.15) is 0 Å². The quantitative estimate of drug-likeness (QED) is 0.682. The van der Waals surface area contributed by atoms with Gasteiger partial charge in [0.15, 0.2) is 0 Å². The van der Waals surface area contributed by atoms with Crippen molar-refractivity contribution in [2.75, 3.05) is 0 Å². The van der Waals surface area contributed by atoms with Crippen LogP contribution >= 0.6 is 0 Å². The predicted molar refractivity (Wildman–Crippen MR) is 123 cm³/mol. The third kappa shape index (κ3) is 4.20. The lowest BCUT2D eigenvalue weighted by Crippen LogP contribution is -2.33. The summed E-state index contributed by atoms with van der Waals surface area (Å²) in [4.78, 5) is 0. The van der Waals surface area contributed by atoms with E-state index < -0.39 is 17.8 Å². The van der Waals surface area contributed by atoms with Gasteiger partial charge in [-0.25, -0.2) is 0 Å². The van der Waals surface area contributed by atoms with E-state index in [2.05, 4.69) is 37.3 Å². The van der Waals surface area contributed by atoms with Crippen LogP contribution in [-0.2, 0) is 18.4 Å². The molecule has 0 aliphatic heterocycles. The second kappa shape index (κ2) is 8.02. The molecule has 2 fully saturated rings. The van der Waals surface area contributed by atoms with Gasteiger partial charge in [-0.2, -0.15) is 5.10 Å². The first-order valence-corrected chi connectivity index (χ1v) is 11.7. The molecule has 0 bridgehead atoms. The Morgan fingerprint density at radius 1 is 1.26 bits per heavy atom. The van der Waals surface area contributed by atoms with E-state index in [-0.39, 0.29) is 5.41 Å². The molecule has 0 saturated heterocycles. The topological polar surface area (TPSA) is 78.5 Å². The molecule has 3 N–H and O–H groups in total. The summed E-state index contributed by atoms with van der Waals surface area (Å²) in [6, 6.07) is 0. The number of aryl methyl sites for hydroxylation is 2. The molecule has 0 unspecified atom stereocenters. The molecule has 1 aromatic rings. The fraction of sp³-hybridized carbons (Fsp3) is 0.654. The number of fused-ring (bicyclic) bond motifs is 3. The highest BCUT2D eigenvalue weighted by molar-refractivity contribution is 5.46. The maximum absolute atomic E-state index is 10.2. The lowest BCUT2D eigenvalue weighted by Gasteiger charge is -2.39. The van der Waals surface area contributed by atoms with Crippen LogP contribution < -0.4 is 0 Å². The first-order chi connectivity index (χ1) is 14.5. The molecule has 1 heterocycles. The second-order valence-corrected chi connectivity index (χ2v) is 10.8. The van der Waals surface area contributed by atoms with Gasteiger partial charge in [-0.3, -0.25) is 4.68 Å². The summed E-state index contributed by atoms with van der Waals surface area (Å²) < 4.78 is 2.14. The Kier molecular flexibility index (Phi) is 5.82. The van der Waals surface area contributed by atoms with Crippen molar-refractivity contribution in [3.63, 3.8) is 0 Å². The minimum Gasteiger partial charge on any atom is -0.393 e. The maximum atomic E-state index is 10.2. The molecule has 0 aromatic carbocycles. The normalized spacial score (nSPS) is 33.8. The zero-order valence-electron chi connectivity index (χ0n) is 19.5. The summed E-state index contributed by atoms with van der Waals surface area (Å²) in [5.74, 6) is 0.449. The molecule has 31 heavy (non-hydrogen) atoms. The van der Waals surface area contributed by atoms with E-state index in [1.54, 1.807) is 0 Å². The van der Waals surface area contributed by atoms with Crippen LogP contribution in [0.1, 0.15) is 76.2 Å². The highest BCUT2D eigenvalue weighted by atomic mass is 16.3. The number of aromatic nitrogens is 2.